The number of ether oxygens (including phenoxy) is 1. The summed E-state index contributed by atoms with van der Waals surface area (Å²) in [5.41, 5.74) is 2.64. The maximum atomic E-state index is 14.5. The quantitative estimate of drug-likeness (QED) is 0.507. The van der Waals surface area contributed by atoms with E-state index in [1.54, 1.807) is 6.92 Å². The summed E-state index contributed by atoms with van der Waals surface area (Å²) >= 11 is 0. The van der Waals surface area contributed by atoms with E-state index in [2.05, 4.69) is 6.58 Å². The van der Waals surface area contributed by atoms with Crippen molar-refractivity contribution in [3.8, 4) is 0 Å². The van der Waals surface area contributed by atoms with Gasteiger partial charge in [0.1, 0.15) is 18.2 Å². The molecule has 1 aliphatic heterocycles. The third kappa shape index (κ3) is 4.48. The highest BCUT2D eigenvalue weighted by Gasteiger charge is 2.38. The Morgan fingerprint density at radius 2 is 2.00 bits per heavy atom. The normalized spacial score (nSPS) is 16.6. The molecule has 0 saturated heterocycles. The number of hydrogen-bond acceptors (Lipinski definition) is 3. The summed E-state index contributed by atoms with van der Waals surface area (Å²) in [4.78, 5) is 27.3. The van der Waals surface area contributed by atoms with Crippen molar-refractivity contribution in [3.63, 3.8) is 0 Å². The van der Waals surface area contributed by atoms with E-state index in [1.165, 1.54) is 17.0 Å². The summed E-state index contributed by atoms with van der Waals surface area (Å²) in [7, 11) is 0. The highest BCUT2D eigenvalue weighted by molar-refractivity contribution is 5.96. The highest BCUT2D eigenvalue weighted by atomic mass is 19.1. The first-order chi connectivity index (χ1) is 14.3. The molecule has 1 aliphatic rings. The van der Waals surface area contributed by atoms with Crippen LogP contribution in [0.15, 0.2) is 66.4 Å². The predicted molar refractivity (Wildman–Crippen MR) is 109 cm³/mol. The third-order valence-corrected chi connectivity index (χ3v) is 5.14. The van der Waals surface area contributed by atoms with Crippen LogP contribution in [0, 0.1) is 18.6 Å². The Morgan fingerprint density at radius 3 is 2.67 bits per heavy atom. The second-order valence-corrected chi connectivity index (χ2v) is 7.28. The van der Waals surface area contributed by atoms with Crippen LogP contribution in [0.1, 0.15) is 36.0 Å². The van der Waals surface area contributed by atoms with E-state index in [0.29, 0.717) is 5.70 Å². The maximum Gasteiger partial charge on any atom is 0.336 e. The molecule has 1 amide bonds. The molecule has 6 heteroatoms. The lowest BCUT2D eigenvalue weighted by Crippen LogP contribution is -2.38. The fourth-order valence-corrected chi connectivity index (χ4v) is 3.72. The maximum absolute atomic E-state index is 14.5. The summed E-state index contributed by atoms with van der Waals surface area (Å²) in [5, 5.41) is 0. The second kappa shape index (κ2) is 9.03. The van der Waals surface area contributed by atoms with Crippen LogP contribution >= 0.6 is 0 Å². The van der Waals surface area contributed by atoms with Gasteiger partial charge in [-0.2, -0.15) is 0 Å². The van der Waals surface area contributed by atoms with Gasteiger partial charge in [-0.3, -0.25) is 4.79 Å². The summed E-state index contributed by atoms with van der Waals surface area (Å²) in [5.74, 6) is -3.28. The summed E-state index contributed by atoms with van der Waals surface area (Å²) in [6.45, 7) is 7.40. The van der Waals surface area contributed by atoms with Gasteiger partial charge in [0.15, 0.2) is 0 Å². The van der Waals surface area contributed by atoms with Crippen LogP contribution in [0.4, 0.5) is 8.78 Å². The average molecular weight is 411 g/mol. The minimum Gasteiger partial charge on any atom is -0.458 e. The van der Waals surface area contributed by atoms with Crippen molar-refractivity contribution in [2.24, 2.45) is 0 Å². The standard InChI is InChI=1S/C24H23F2NO3/c1-4-10-30-24(29)23-16(3)27(14-17-7-5-6-15(2)11-17)22(28)13-20(23)19-9-8-18(25)12-21(19)26/h4-9,11-12,20H,1,10,13-14H2,2-3H3/t20-/m0/s1. The Labute approximate surface area is 174 Å². The molecule has 2 aromatic rings. The number of nitrogens with zero attached hydrogens (tertiary/aromatic N) is 1. The van der Waals surface area contributed by atoms with Gasteiger partial charge in [0.2, 0.25) is 5.91 Å². The van der Waals surface area contributed by atoms with Crippen LogP contribution in [-0.4, -0.2) is 23.4 Å². The Bertz CT molecular complexity index is 1030. The molecule has 1 atom stereocenters. The molecule has 0 unspecified atom stereocenters. The number of esters is 1. The number of benzene rings is 2. The van der Waals surface area contributed by atoms with E-state index in [9.17, 15) is 18.4 Å². The molecular weight excluding hydrogens is 388 g/mol. The molecule has 0 bridgehead atoms. The fourth-order valence-electron chi connectivity index (χ4n) is 3.72. The van der Waals surface area contributed by atoms with Gasteiger partial charge in [-0.1, -0.05) is 48.6 Å². The zero-order valence-electron chi connectivity index (χ0n) is 17.0. The zero-order valence-corrected chi connectivity index (χ0v) is 17.0. The van der Waals surface area contributed by atoms with E-state index >= 15 is 0 Å². The SMILES string of the molecule is C=CCOC(=O)C1=C(C)N(Cc2cccc(C)c2)C(=O)C[C@H]1c1ccc(F)cc1F. The van der Waals surface area contributed by atoms with E-state index in [4.69, 9.17) is 4.74 Å². The minimum absolute atomic E-state index is 0.0138. The monoisotopic (exact) mass is 411 g/mol. The number of amides is 1. The second-order valence-electron chi connectivity index (χ2n) is 7.28. The van der Waals surface area contributed by atoms with Crippen molar-refractivity contribution in [3.05, 3.63) is 94.7 Å². The first-order valence-corrected chi connectivity index (χ1v) is 9.61. The molecule has 0 aliphatic carbocycles. The molecule has 4 nitrogen and oxygen atoms in total. The van der Waals surface area contributed by atoms with Crippen molar-refractivity contribution >= 4 is 11.9 Å². The van der Waals surface area contributed by atoms with Crippen molar-refractivity contribution in [1.82, 2.24) is 4.90 Å². The van der Waals surface area contributed by atoms with Crippen molar-refractivity contribution < 1.29 is 23.1 Å². The first kappa shape index (κ1) is 21.4. The van der Waals surface area contributed by atoms with Gasteiger partial charge in [-0.15, -0.1) is 0 Å². The smallest absolute Gasteiger partial charge is 0.336 e. The van der Waals surface area contributed by atoms with Gasteiger partial charge in [-0.05, 0) is 31.0 Å². The first-order valence-electron chi connectivity index (χ1n) is 9.61. The molecule has 0 radical (unpaired) electrons. The largest absolute Gasteiger partial charge is 0.458 e. The Balaban J connectivity index is 2.06. The molecule has 156 valence electrons. The topological polar surface area (TPSA) is 46.6 Å². The molecule has 3 rings (SSSR count). The van der Waals surface area contributed by atoms with E-state index < -0.39 is 23.5 Å². The van der Waals surface area contributed by atoms with E-state index in [0.717, 1.165) is 23.3 Å². The number of halogens is 2. The molecule has 0 aromatic heterocycles. The van der Waals surface area contributed by atoms with Crippen LogP contribution in [0.3, 0.4) is 0 Å². The van der Waals surface area contributed by atoms with Gasteiger partial charge in [-0.25, -0.2) is 13.6 Å². The summed E-state index contributed by atoms with van der Waals surface area (Å²) in [6.07, 6.45) is 1.31. The van der Waals surface area contributed by atoms with Crippen LogP contribution in [0.5, 0.6) is 0 Å². The fraction of sp³-hybridized carbons (Fsp3) is 0.250. The van der Waals surface area contributed by atoms with Crippen LogP contribution in [0.2, 0.25) is 0 Å². The lowest BCUT2D eigenvalue weighted by molar-refractivity contribution is -0.139. The number of carbonyl (C=O) groups excluding carboxylic acids is 2. The number of carbonyl (C=O) groups is 2. The number of aryl methyl sites for hydroxylation is 1. The zero-order chi connectivity index (χ0) is 21.8. The molecule has 0 N–H and O–H groups in total. The van der Waals surface area contributed by atoms with Gasteiger partial charge >= 0.3 is 5.97 Å². The Kier molecular flexibility index (Phi) is 6.45. The van der Waals surface area contributed by atoms with Crippen LogP contribution in [0.25, 0.3) is 0 Å². The highest BCUT2D eigenvalue weighted by Crippen LogP contribution is 2.38. The van der Waals surface area contributed by atoms with Crippen LogP contribution in [-0.2, 0) is 20.9 Å². The van der Waals surface area contributed by atoms with Crippen LogP contribution < -0.4 is 0 Å². The van der Waals surface area contributed by atoms with Gasteiger partial charge in [0.05, 0.1) is 12.1 Å². The lowest BCUT2D eigenvalue weighted by Gasteiger charge is -2.34. The molecule has 1 heterocycles. The summed E-state index contributed by atoms with van der Waals surface area (Å²) < 4.78 is 33.1. The van der Waals surface area contributed by atoms with Crippen molar-refractivity contribution in [2.45, 2.75) is 32.7 Å². The molecule has 30 heavy (non-hydrogen) atoms. The predicted octanol–water partition coefficient (Wildman–Crippen LogP) is 4.79. The lowest BCUT2D eigenvalue weighted by atomic mass is 9.83. The molecule has 0 saturated carbocycles. The molecule has 2 aromatic carbocycles. The number of hydrogen-bond donors (Lipinski definition) is 0. The van der Waals surface area contributed by atoms with E-state index in [-0.39, 0.29) is 36.6 Å². The summed E-state index contributed by atoms with van der Waals surface area (Å²) in [6, 6.07) is 10.8. The van der Waals surface area contributed by atoms with Gasteiger partial charge in [0.25, 0.3) is 0 Å². The van der Waals surface area contributed by atoms with Gasteiger partial charge < -0.3 is 9.64 Å². The van der Waals surface area contributed by atoms with E-state index in [1.807, 2.05) is 31.2 Å². The number of allylic oxidation sites excluding steroid dienone is 1. The Hall–Kier alpha value is -3.28. The number of rotatable bonds is 6. The minimum atomic E-state index is -0.857. The molecule has 0 fully saturated rings. The molecule has 0 spiro atoms. The third-order valence-electron chi connectivity index (χ3n) is 5.14. The van der Waals surface area contributed by atoms with Gasteiger partial charge in [0, 0.05) is 24.1 Å². The van der Waals surface area contributed by atoms with Crippen molar-refractivity contribution in [1.29, 1.82) is 0 Å². The van der Waals surface area contributed by atoms with Crippen molar-refractivity contribution in [2.75, 3.05) is 6.61 Å². The molecular formula is C24H23F2NO3. The average Bonchev–Trinajstić information content (AvgIpc) is 2.69. The Morgan fingerprint density at radius 1 is 1.23 bits per heavy atom.